The van der Waals surface area contributed by atoms with E-state index in [9.17, 15) is 18.0 Å². The van der Waals surface area contributed by atoms with Gasteiger partial charge in [0.1, 0.15) is 6.61 Å². The molecule has 0 N–H and O–H groups in total. The van der Waals surface area contributed by atoms with Crippen molar-refractivity contribution in [3.05, 3.63) is 77.6 Å². The summed E-state index contributed by atoms with van der Waals surface area (Å²) in [5, 5.41) is 4.04. The normalized spacial score (nSPS) is 11.3. The Balaban J connectivity index is 1.84. The van der Waals surface area contributed by atoms with Crippen molar-refractivity contribution in [3.8, 4) is 11.4 Å². The number of hydrogen-bond donors (Lipinski definition) is 0. The molecule has 0 aliphatic carbocycles. The maximum absolute atomic E-state index is 12.9. The minimum Gasteiger partial charge on any atom is -0.493 e. The molecule has 8 heteroatoms. The molecule has 1 aromatic heterocycles. The van der Waals surface area contributed by atoms with Crippen molar-refractivity contribution in [2.24, 2.45) is 0 Å². The largest absolute Gasteiger partial charge is 0.493 e. The highest BCUT2D eigenvalue weighted by Gasteiger charge is 2.30. The Hall–Kier alpha value is -3.29. The van der Waals surface area contributed by atoms with E-state index in [1.165, 1.54) is 25.4 Å². The lowest BCUT2D eigenvalue weighted by molar-refractivity contribution is -0.137. The van der Waals surface area contributed by atoms with Gasteiger partial charge in [-0.05, 0) is 23.8 Å². The maximum atomic E-state index is 12.9. The predicted octanol–water partition coefficient (Wildman–Crippen LogP) is 4.26. The molecule has 27 heavy (non-hydrogen) atoms. The van der Waals surface area contributed by atoms with Gasteiger partial charge >= 0.3 is 12.1 Å². The van der Waals surface area contributed by atoms with Crippen LogP contribution in [0.15, 0.2) is 60.8 Å². The first-order valence-corrected chi connectivity index (χ1v) is 7.91. The number of rotatable bonds is 5. The Morgan fingerprint density at radius 1 is 1.11 bits per heavy atom. The van der Waals surface area contributed by atoms with Gasteiger partial charge in [0.05, 0.1) is 24.6 Å². The van der Waals surface area contributed by atoms with Crippen LogP contribution in [0.5, 0.6) is 5.75 Å². The molecule has 0 aliphatic rings. The molecule has 0 radical (unpaired) electrons. The first kappa shape index (κ1) is 18.5. The number of nitrogens with zero attached hydrogens (tertiary/aromatic N) is 2. The number of carbonyl (C=O) groups excluding carboxylic acids is 1. The summed E-state index contributed by atoms with van der Waals surface area (Å²) in [6.45, 7) is 0.0409. The number of carbonyl (C=O) groups is 1. The summed E-state index contributed by atoms with van der Waals surface area (Å²) in [7, 11) is 1.33. The van der Waals surface area contributed by atoms with Crippen molar-refractivity contribution >= 4 is 5.97 Å². The monoisotopic (exact) mass is 376 g/mol. The van der Waals surface area contributed by atoms with Gasteiger partial charge in [-0.15, -0.1) is 0 Å². The van der Waals surface area contributed by atoms with Crippen molar-refractivity contribution in [3.63, 3.8) is 0 Å². The summed E-state index contributed by atoms with van der Waals surface area (Å²) in [6.07, 6.45) is -3.15. The molecule has 2 aromatic carbocycles. The number of esters is 1. The highest BCUT2D eigenvalue weighted by molar-refractivity contribution is 5.90. The first-order valence-electron chi connectivity index (χ1n) is 7.91. The van der Waals surface area contributed by atoms with Crippen LogP contribution in [-0.4, -0.2) is 22.9 Å². The molecule has 0 unspecified atom stereocenters. The molecule has 0 fully saturated rings. The molecule has 0 saturated carbocycles. The van der Waals surface area contributed by atoms with Crippen molar-refractivity contribution in [2.75, 3.05) is 7.11 Å². The number of aromatic nitrogens is 2. The molecule has 0 aliphatic heterocycles. The molecule has 3 aromatic rings. The maximum Gasteiger partial charge on any atom is 0.416 e. The lowest BCUT2D eigenvalue weighted by Gasteiger charge is -2.08. The second kappa shape index (κ2) is 7.53. The van der Waals surface area contributed by atoms with E-state index in [-0.39, 0.29) is 23.7 Å². The third-order valence-corrected chi connectivity index (χ3v) is 3.74. The molecular formula is C19H15F3N2O3. The summed E-state index contributed by atoms with van der Waals surface area (Å²) in [6, 6.07) is 13.7. The first-order chi connectivity index (χ1) is 12.9. The molecule has 0 saturated heterocycles. The Kier molecular flexibility index (Phi) is 5.16. The standard InChI is InChI=1S/C19H15F3N2O3/c1-26-16-11-24(15-9-5-8-14(10-15)19(20,21)22)23-17(16)18(25)27-12-13-6-3-2-4-7-13/h2-11H,12H2,1H3. The molecule has 0 amide bonds. The van der Waals surface area contributed by atoms with E-state index < -0.39 is 17.7 Å². The van der Waals surface area contributed by atoms with E-state index in [2.05, 4.69) is 5.10 Å². The summed E-state index contributed by atoms with van der Waals surface area (Å²) < 4.78 is 50.2. The quantitative estimate of drug-likeness (QED) is 0.625. The van der Waals surface area contributed by atoms with Gasteiger partial charge in [0, 0.05) is 0 Å². The fraction of sp³-hybridized carbons (Fsp3) is 0.158. The second-order valence-corrected chi connectivity index (χ2v) is 5.60. The zero-order valence-corrected chi connectivity index (χ0v) is 14.2. The number of benzene rings is 2. The van der Waals surface area contributed by atoms with Gasteiger partial charge in [0.15, 0.2) is 5.75 Å². The third-order valence-electron chi connectivity index (χ3n) is 3.74. The van der Waals surface area contributed by atoms with Crippen LogP contribution in [-0.2, 0) is 17.5 Å². The van der Waals surface area contributed by atoms with Crippen LogP contribution in [0.1, 0.15) is 21.6 Å². The molecular weight excluding hydrogens is 361 g/mol. The molecule has 5 nitrogen and oxygen atoms in total. The zero-order chi connectivity index (χ0) is 19.4. The minimum absolute atomic E-state index is 0.0409. The van der Waals surface area contributed by atoms with E-state index >= 15 is 0 Å². The van der Waals surface area contributed by atoms with Crippen molar-refractivity contribution in [1.29, 1.82) is 0 Å². The zero-order valence-electron chi connectivity index (χ0n) is 14.2. The SMILES string of the molecule is COc1cn(-c2cccc(C(F)(F)F)c2)nc1C(=O)OCc1ccccc1. The van der Waals surface area contributed by atoms with Gasteiger partial charge in [-0.25, -0.2) is 9.48 Å². The lowest BCUT2D eigenvalue weighted by atomic mass is 10.2. The van der Waals surface area contributed by atoms with Crippen LogP contribution < -0.4 is 4.74 Å². The average molecular weight is 376 g/mol. The fourth-order valence-electron chi connectivity index (χ4n) is 2.40. The van der Waals surface area contributed by atoms with Crippen LogP contribution in [0, 0.1) is 0 Å². The number of halogens is 3. The summed E-state index contributed by atoms with van der Waals surface area (Å²) in [5.74, 6) is -0.632. The molecule has 0 bridgehead atoms. The van der Waals surface area contributed by atoms with Crippen LogP contribution in [0.3, 0.4) is 0 Å². The molecule has 1 heterocycles. The lowest BCUT2D eigenvalue weighted by Crippen LogP contribution is -2.09. The van der Waals surface area contributed by atoms with E-state index in [0.717, 1.165) is 22.4 Å². The number of hydrogen-bond acceptors (Lipinski definition) is 4. The van der Waals surface area contributed by atoms with Crippen LogP contribution in [0.4, 0.5) is 13.2 Å². The highest BCUT2D eigenvalue weighted by atomic mass is 19.4. The van der Waals surface area contributed by atoms with E-state index in [1.807, 2.05) is 18.2 Å². The van der Waals surface area contributed by atoms with Gasteiger partial charge in [-0.3, -0.25) is 0 Å². The van der Waals surface area contributed by atoms with Crippen molar-refractivity contribution in [2.45, 2.75) is 12.8 Å². The van der Waals surface area contributed by atoms with Gasteiger partial charge in [0.2, 0.25) is 5.69 Å². The summed E-state index contributed by atoms with van der Waals surface area (Å²) >= 11 is 0. The molecule has 0 atom stereocenters. The Morgan fingerprint density at radius 2 is 1.85 bits per heavy atom. The van der Waals surface area contributed by atoms with E-state index in [1.54, 1.807) is 12.1 Å². The van der Waals surface area contributed by atoms with E-state index in [0.29, 0.717) is 0 Å². The Morgan fingerprint density at radius 3 is 2.52 bits per heavy atom. The predicted molar refractivity (Wildman–Crippen MR) is 90.7 cm³/mol. The summed E-state index contributed by atoms with van der Waals surface area (Å²) in [4.78, 5) is 12.3. The van der Waals surface area contributed by atoms with Crippen molar-refractivity contribution < 1.29 is 27.4 Å². The van der Waals surface area contributed by atoms with E-state index in [4.69, 9.17) is 9.47 Å². The topological polar surface area (TPSA) is 53.4 Å². The average Bonchev–Trinajstić information content (AvgIpc) is 3.11. The number of methoxy groups -OCH3 is 1. The summed E-state index contributed by atoms with van der Waals surface area (Å²) in [5.41, 5.74) is 0.000811. The van der Waals surface area contributed by atoms with Crippen LogP contribution >= 0.6 is 0 Å². The van der Waals surface area contributed by atoms with Crippen LogP contribution in [0.2, 0.25) is 0 Å². The van der Waals surface area contributed by atoms with Gasteiger partial charge in [-0.2, -0.15) is 18.3 Å². The second-order valence-electron chi connectivity index (χ2n) is 5.60. The van der Waals surface area contributed by atoms with Gasteiger partial charge < -0.3 is 9.47 Å². The highest BCUT2D eigenvalue weighted by Crippen LogP contribution is 2.30. The van der Waals surface area contributed by atoms with Gasteiger partial charge in [0.25, 0.3) is 0 Å². The number of alkyl halides is 3. The molecule has 3 rings (SSSR count). The van der Waals surface area contributed by atoms with Crippen LogP contribution in [0.25, 0.3) is 5.69 Å². The smallest absolute Gasteiger partial charge is 0.416 e. The Bertz CT molecular complexity index is 937. The van der Waals surface area contributed by atoms with Gasteiger partial charge in [-0.1, -0.05) is 36.4 Å². The minimum atomic E-state index is -4.48. The number of ether oxygens (including phenoxy) is 2. The Labute approximate surface area is 152 Å². The fourth-order valence-corrected chi connectivity index (χ4v) is 2.40. The third kappa shape index (κ3) is 4.28. The molecule has 140 valence electrons. The molecule has 0 spiro atoms. The van der Waals surface area contributed by atoms with Crippen molar-refractivity contribution in [1.82, 2.24) is 9.78 Å².